The van der Waals surface area contributed by atoms with Crippen LogP contribution >= 0.6 is 15.9 Å². The van der Waals surface area contributed by atoms with Gasteiger partial charge in [-0.3, -0.25) is 29.4 Å². The smallest absolute Gasteiger partial charge is 0.343 e. The normalized spacial score (nSPS) is 13.1. The molecule has 210 valence electrons. The van der Waals surface area contributed by atoms with Crippen LogP contribution in [0.25, 0.3) is 0 Å². The van der Waals surface area contributed by atoms with Gasteiger partial charge in [-0.2, -0.15) is 0 Å². The summed E-state index contributed by atoms with van der Waals surface area (Å²) in [4.78, 5) is 75.6. The number of nitrogens with zero attached hydrogens (tertiary/aromatic N) is 2. The van der Waals surface area contributed by atoms with Crippen molar-refractivity contribution in [2.45, 2.75) is 26.3 Å². The number of benzene rings is 3. The monoisotopic (exact) mass is 622 g/mol. The van der Waals surface area contributed by atoms with Crippen LogP contribution in [0, 0.1) is 16.0 Å². The van der Waals surface area contributed by atoms with Crippen molar-refractivity contribution in [3.8, 4) is 5.75 Å². The minimum absolute atomic E-state index is 0.0186. The van der Waals surface area contributed by atoms with E-state index in [1.165, 1.54) is 36.4 Å². The van der Waals surface area contributed by atoms with Crippen molar-refractivity contribution < 1.29 is 38.4 Å². The number of rotatable bonds is 10. The van der Waals surface area contributed by atoms with Gasteiger partial charge < -0.3 is 9.47 Å². The third-order valence-electron chi connectivity index (χ3n) is 6.21. The number of halogens is 1. The van der Waals surface area contributed by atoms with Gasteiger partial charge >= 0.3 is 11.9 Å². The summed E-state index contributed by atoms with van der Waals surface area (Å²) in [5.41, 5.74) is -0.605. The van der Waals surface area contributed by atoms with E-state index in [9.17, 15) is 34.1 Å². The summed E-state index contributed by atoms with van der Waals surface area (Å²) in [5.74, 6) is -3.95. The highest BCUT2D eigenvalue weighted by atomic mass is 79.9. The first-order valence-corrected chi connectivity index (χ1v) is 13.2. The topological polar surface area (TPSA) is 150 Å². The maximum absolute atomic E-state index is 13.1. The van der Waals surface area contributed by atoms with E-state index < -0.39 is 52.8 Å². The molecule has 1 aliphatic heterocycles. The number of esters is 2. The third-order valence-corrected chi connectivity index (χ3v) is 6.74. The predicted octanol–water partition coefficient (Wildman–Crippen LogP) is 5.01. The molecule has 0 spiro atoms. The van der Waals surface area contributed by atoms with Gasteiger partial charge in [0.05, 0.1) is 16.1 Å². The van der Waals surface area contributed by atoms with E-state index in [4.69, 9.17) is 9.47 Å². The van der Waals surface area contributed by atoms with Gasteiger partial charge in [0.1, 0.15) is 17.4 Å². The zero-order valence-corrected chi connectivity index (χ0v) is 23.5. The Balaban J connectivity index is 1.43. The number of hydrogen-bond acceptors (Lipinski definition) is 9. The molecule has 1 atom stereocenters. The van der Waals surface area contributed by atoms with Crippen LogP contribution in [0.4, 0.5) is 5.69 Å². The van der Waals surface area contributed by atoms with Crippen molar-refractivity contribution in [3.05, 3.63) is 104 Å². The second-order valence-corrected chi connectivity index (χ2v) is 10.4. The first kappa shape index (κ1) is 29.3. The summed E-state index contributed by atoms with van der Waals surface area (Å²) >= 11 is 3.29. The molecule has 0 fully saturated rings. The Kier molecular flexibility index (Phi) is 8.72. The van der Waals surface area contributed by atoms with Crippen LogP contribution in [0.2, 0.25) is 0 Å². The van der Waals surface area contributed by atoms with Gasteiger partial charge in [0.25, 0.3) is 17.5 Å². The van der Waals surface area contributed by atoms with Crippen LogP contribution < -0.4 is 4.74 Å². The lowest BCUT2D eigenvalue weighted by atomic mass is 10.0. The fourth-order valence-electron chi connectivity index (χ4n) is 4.25. The molecule has 1 aliphatic rings. The highest BCUT2D eigenvalue weighted by molar-refractivity contribution is 9.10. The molecule has 12 heteroatoms. The Morgan fingerprint density at radius 1 is 0.927 bits per heavy atom. The fourth-order valence-corrected chi connectivity index (χ4v) is 4.52. The second-order valence-electron chi connectivity index (χ2n) is 9.53. The van der Waals surface area contributed by atoms with Crippen molar-refractivity contribution in [3.63, 3.8) is 0 Å². The minimum Gasteiger partial charge on any atom is -0.456 e. The average molecular weight is 623 g/mol. The molecule has 0 bridgehead atoms. The number of nitro benzene ring substituents is 1. The quantitative estimate of drug-likeness (QED) is 0.0758. The molecule has 2 amide bonds. The molecule has 1 unspecified atom stereocenters. The van der Waals surface area contributed by atoms with Crippen molar-refractivity contribution in [1.82, 2.24) is 4.90 Å². The van der Waals surface area contributed by atoms with Crippen LogP contribution in [0.1, 0.15) is 61.7 Å². The van der Waals surface area contributed by atoms with Gasteiger partial charge in [0.15, 0.2) is 12.4 Å². The lowest BCUT2D eigenvalue weighted by Crippen LogP contribution is -2.46. The Labute approximate surface area is 242 Å². The van der Waals surface area contributed by atoms with Crippen molar-refractivity contribution in [2.75, 3.05) is 6.61 Å². The fraction of sp³-hybridized carbons (Fsp3) is 0.207. The number of imide groups is 1. The number of ketones is 1. The van der Waals surface area contributed by atoms with Crippen LogP contribution in [0.15, 0.2) is 71.2 Å². The number of amides is 2. The van der Waals surface area contributed by atoms with Gasteiger partial charge in [0.2, 0.25) is 0 Å². The summed E-state index contributed by atoms with van der Waals surface area (Å²) in [6, 6.07) is 14.5. The lowest BCUT2D eigenvalue weighted by Gasteiger charge is -2.25. The Morgan fingerprint density at radius 3 is 2.17 bits per heavy atom. The maximum atomic E-state index is 13.1. The van der Waals surface area contributed by atoms with Crippen molar-refractivity contribution >= 4 is 51.2 Å². The van der Waals surface area contributed by atoms with Gasteiger partial charge in [-0.05, 0) is 66.9 Å². The molecule has 4 rings (SSSR count). The summed E-state index contributed by atoms with van der Waals surface area (Å²) < 4.78 is 11.3. The summed E-state index contributed by atoms with van der Waals surface area (Å²) in [6.07, 6.45) is 0.0186. The third kappa shape index (κ3) is 6.38. The zero-order chi connectivity index (χ0) is 29.8. The first-order chi connectivity index (χ1) is 19.5. The highest BCUT2D eigenvalue weighted by Gasteiger charge is 2.47. The van der Waals surface area contributed by atoms with E-state index in [1.54, 1.807) is 38.1 Å². The van der Waals surface area contributed by atoms with E-state index >= 15 is 0 Å². The summed E-state index contributed by atoms with van der Waals surface area (Å²) in [5, 5.41) is 11.4. The number of carbonyl (C=O) groups excluding carboxylic acids is 5. The molecular weight excluding hydrogens is 600 g/mol. The van der Waals surface area contributed by atoms with Crippen LogP contribution in [-0.2, 0) is 9.53 Å². The molecule has 3 aromatic carbocycles. The number of fused-ring (bicyclic) bond motifs is 1. The molecule has 0 aliphatic carbocycles. The number of hydrogen-bond donors (Lipinski definition) is 0. The molecule has 0 saturated heterocycles. The molecule has 0 N–H and O–H groups in total. The maximum Gasteiger partial charge on any atom is 0.343 e. The lowest BCUT2D eigenvalue weighted by molar-refractivity contribution is -0.385. The highest BCUT2D eigenvalue weighted by Crippen LogP contribution is 2.33. The Morgan fingerprint density at radius 2 is 1.56 bits per heavy atom. The standard InChI is InChI=1S/C29H23BrN2O9/c1-16(2)14-23(31-26(34)21-4-3-5-22(32(38)39)25(21)27(31)35)29(37)40-15-24(33)17-8-12-20(13-9-17)41-28(36)18-6-10-19(30)11-7-18/h3-13,16,23H,14-15H2,1-2H3. The van der Waals surface area contributed by atoms with E-state index in [1.807, 2.05) is 0 Å². The van der Waals surface area contributed by atoms with Crippen molar-refractivity contribution in [2.24, 2.45) is 5.92 Å². The van der Waals surface area contributed by atoms with E-state index in [0.29, 0.717) is 10.5 Å². The van der Waals surface area contributed by atoms with E-state index in [2.05, 4.69) is 15.9 Å². The van der Waals surface area contributed by atoms with Crippen LogP contribution in [-0.4, -0.2) is 52.0 Å². The average Bonchev–Trinajstić information content (AvgIpc) is 3.20. The number of Topliss-reactive ketones (excluding diaryl/α,β-unsaturated/α-hetero) is 1. The number of nitro groups is 1. The molecule has 0 saturated carbocycles. The van der Waals surface area contributed by atoms with Gasteiger partial charge in [-0.25, -0.2) is 9.59 Å². The Bertz CT molecular complexity index is 1550. The van der Waals surface area contributed by atoms with Gasteiger partial charge in [-0.1, -0.05) is 35.8 Å². The minimum atomic E-state index is -1.39. The number of ether oxygens (including phenoxy) is 2. The molecular formula is C29H23BrN2O9. The second kappa shape index (κ2) is 12.2. The summed E-state index contributed by atoms with van der Waals surface area (Å²) in [7, 11) is 0. The zero-order valence-electron chi connectivity index (χ0n) is 21.9. The predicted molar refractivity (Wildman–Crippen MR) is 148 cm³/mol. The van der Waals surface area contributed by atoms with Crippen LogP contribution in [0.5, 0.6) is 5.75 Å². The first-order valence-electron chi connectivity index (χ1n) is 12.4. The van der Waals surface area contributed by atoms with Crippen molar-refractivity contribution in [1.29, 1.82) is 0 Å². The van der Waals surface area contributed by atoms with Gasteiger partial charge in [-0.15, -0.1) is 0 Å². The molecule has 0 radical (unpaired) electrons. The molecule has 0 aromatic heterocycles. The number of carbonyl (C=O) groups is 5. The van der Waals surface area contributed by atoms with E-state index in [0.717, 1.165) is 10.5 Å². The van der Waals surface area contributed by atoms with E-state index in [-0.39, 0.29) is 34.8 Å². The molecule has 41 heavy (non-hydrogen) atoms. The largest absolute Gasteiger partial charge is 0.456 e. The summed E-state index contributed by atoms with van der Waals surface area (Å²) in [6.45, 7) is 2.84. The molecule has 11 nitrogen and oxygen atoms in total. The Hall–Kier alpha value is -4.71. The van der Waals surface area contributed by atoms with Crippen LogP contribution in [0.3, 0.4) is 0 Å². The SMILES string of the molecule is CC(C)CC(C(=O)OCC(=O)c1ccc(OC(=O)c2ccc(Br)cc2)cc1)N1C(=O)c2cccc([N+](=O)[O-])c2C1=O. The molecule has 1 heterocycles. The molecule has 3 aromatic rings. The van der Waals surface area contributed by atoms with Gasteiger partial charge in [0, 0.05) is 16.1 Å².